The summed E-state index contributed by atoms with van der Waals surface area (Å²) in [7, 11) is 0. The van der Waals surface area contributed by atoms with E-state index in [1.807, 2.05) is 12.1 Å². The van der Waals surface area contributed by atoms with Crippen LogP contribution in [0.15, 0.2) is 24.3 Å². The van der Waals surface area contributed by atoms with Gasteiger partial charge in [0.1, 0.15) is 0 Å². The highest BCUT2D eigenvalue weighted by molar-refractivity contribution is 5.91. The first-order chi connectivity index (χ1) is 8.38. The number of fused-ring (bicyclic) bond motifs is 1. The van der Waals surface area contributed by atoms with Gasteiger partial charge in [-0.05, 0) is 25.0 Å². The molecule has 0 spiro atoms. The molecule has 3 nitrogen and oxygen atoms in total. The molecule has 1 aromatic carbocycles. The Labute approximate surface area is 102 Å². The first-order valence-corrected chi connectivity index (χ1v) is 5.49. The number of hydrogen-bond donors (Lipinski definition) is 0. The number of carbonyl (C=O) groups is 1. The third-order valence-electron chi connectivity index (χ3n) is 2.76. The highest BCUT2D eigenvalue weighted by Gasteiger charge is 2.35. The van der Waals surface area contributed by atoms with Gasteiger partial charge in [0.05, 0.1) is 5.69 Å². The summed E-state index contributed by atoms with van der Waals surface area (Å²) in [6.45, 7) is 0.214. The molecular weight excluding hydrogens is 247 g/mol. The van der Waals surface area contributed by atoms with E-state index in [2.05, 4.69) is 4.74 Å². The summed E-state index contributed by atoms with van der Waals surface area (Å²) in [6.07, 6.45) is -4.83. The van der Waals surface area contributed by atoms with Crippen LogP contribution in [0.25, 0.3) is 0 Å². The minimum absolute atomic E-state index is 0.192. The number of hydrogen-bond acceptors (Lipinski definition) is 2. The molecule has 1 aliphatic rings. The van der Waals surface area contributed by atoms with Gasteiger partial charge in [-0.1, -0.05) is 18.2 Å². The van der Waals surface area contributed by atoms with E-state index in [1.165, 1.54) is 4.90 Å². The van der Waals surface area contributed by atoms with E-state index in [0.29, 0.717) is 12.1 Å². The highest BCUT2D eigenvalue weighted by Crippen LogP contribution is 2.32. The molecule has 1 atom stereocenters. The lowest BCUT2D eigenvalue weighted by Gasteiger charge is -2.22. The van der Waals surface area contributed by atoms with Crippen molar-refractivity contribution in [2.75, 3.05) is 11.5 Å². The second kappa shape index (κ2) is 4.51. The van der Waals surface area contributed by atoms with Crippen molar-refractivity contribution < 1.29 is 22.7 Å². The number of halogens is 3. The number of nitrogens with zero attached hydrogens (tertiary/aromatic N) is 1. The average molecular weight is 259 g/mol. The lowest BCUT2D eigenvalue weighted by atomic mass is 10.1. The largest absolute Gasteiger partial charge is 0.439 e. The molecular formula is C12H12F3NO2. The quantitative estimate of drug-likeness (QED) is 0.775. The monoisotopic (exact) mass is 259 g/mol. The standard InChI is InChI=1S/C12H12F3NO2/c1-8-6-9-4-2-3-5-10(9)16(8)11(17)18-7-12(13,14)15/h2-5,8H,6-7H2,1H3. The predicted octanol–water partition coefficient (Wildman–Crippen LogP) is 3.14. The maximum Gasteiger partial charge on any atom is 0.422 e. The molecule has 1 heterocycles. The third kappa shape index (κ3) is 2.57. The summed E-state index contributed by atoms with van der Waals surface area (Å²) in [5.74, 6) is 0. The van der Waals surface area contributed by atoms with Gasteiger partial charge in [0.2, 0.25) is 0 Å². The van der Waals surface area contributed by atoms with E-state index in [1.54, 1.807) is 19.1 Å². The van der Waals surface area contributed by atoms with Crippen LogP contribution in [-0.2, 0) is 11.2 Å². The summed E-state index contributed by atoms with van der Waals surface area (Å²) < 4.78 is 40.3. The van der Waals surface area contributed by atoms with Crippen molar-refractivity contribution in [2.45, 2.75) is 25.6 Å². The minimum atomic E-state index is -4.50. The van der Waals surface area contributed by atoms with Crippen molar-refractivity contribution in [2.24, 2.45) is 0 Å². The van der Waals surface area contributed by atoms with Crippen LogP contribution in [0.5, 0.6) is 0 Å². The third-order valence-corrected chi connectivity index (χ3v) is 2.76. The maximum absolute atomic E-state index is 12.0. The van der Waals surface area contributed by atoms with Crippen molar-refractivity contribution in [3.63, 3.8) is 0 Å². The summed E-state index contributed by atoms with van der Waals surface area (Å²) in [5, 5.41) is 0. The predicted molar refractivity (Wildman–Crippen MR) is 59.5 cm³/mol. The lowest BCUT2D eigenvalue weighted by Crippen LogP contribution is -2.37. The van der Waals surface area contributed by atoms with Crippen molar-refractivity contribution >= 4 is 11.8 Å². The van der Waals surface area contributed by atoms with Crippen LogP contribution >= 0.6 is 0 Å². The molecule has 2 rings (SSSR count). The molecule has 0 aromatic heterocycles. The van der Waals surface area contributed by atoms with Gasteiger partial charge in [-0.2, -0.15) is 13.2 Å². The number of rotatable bonds is 1. The number of carbonyl (C=O) groups excluding carboxylic acids is 1. The van der Waals surface area contributed by atoms with E-state index < -0.39 is 18.9 Å². The Bertz CT molecular complexity index is 459. The van der Waals surface area contributed by atoms with Gasteiger partial charge >= 0.3 is 12.3 Å². The smallest absolute Gasteiger partial charge is 0.422 e. The minimum Gasteiger partial charge on any atom is -0.439 e. The molecule has 1 aliphatic heterocycles. The molecule has 1 amide bonds. The number of para-hydroxylation sites is 1. The Kier molecular flexibility index (Phi) is 3.19. The first-order valence-electron chi connectivity index (χ1n) is 5.49. The van der Waals surface area contributed by atoms with Crippen LogP contribution in [0.1, 0.15) is 12.5 Å². The van der Waals surface area contributed by atoms with Crippen molar-refractivity contribution in [1.82, 2.24) is 0 Å². The van der Waals surface area contributed by atoms with E-state index in [0.717, 1.165) is 5.56 Å². The van der Waals surface area contributed by atoms with Gasteiger partial charge in [0.15, 0.2) is 6.61 Å². The lowest BCUT2D eigenvalue weighted by molar-refractivity contribution is -0.159. The fourth-order valence-corrected chi connectivity index (χ4v) is 2.06. The number of ether oxygens (including phenoxy) is 1. The molecule has 0 N–H and O–H groups in total. The summed E-state index contributed by atoms with van der Waals surface area (Å²) in [5.41, 5.74) is 1.56. The zero-order valence-corrected chi connectivity index (χ0v) is 9.70. The van der Waals surface area contributed by atoms with E-state index in [4.69, 9.17) is 0 Å². The maximum atomic E-state index is 12.0. The van der Waals surface area contributed by atoms with Crippen LogP contribution in [0.3, 0.4) is 0 Å². The fraction of sp³-hybridized carbons (Fsp3) is 0.417. The van der Waals surface area contributed by atoms with E-state index in [9.17, 15) is 18.0 Å². The number of alkyl halides is 3. The van der Waals surface area contributed by atoms with Gasteiger partial charge in [0.25, 0.3) is 0 Å². The second-order valence-corrected chi connectivity index (χ2v) is 4.22. The van der Waals surface area contributed by atoms with Gasteiger partial charge in [0, 0.05) is 6.04 Å². The van der Waals surface area contributed by atoms with Crippen molar-refractivity contribution in [3.8, 4) is 0 Å². The van der Waals surface area contributed by atoms with E-state index >= 15 is 0 Å². The first kappa shape index (κ1) is 12.7. The number of benzene rings is 1. The summed E-state index contributed by atoms with van der Waals surface area (Å²) in [4.78, 5) is 12.9. The summed E-state index contributed by atoms with van der Waals surface area (Å²) >= 11 is 0. The Morgan fingerprint density at radius 3 is 2.78 bits per heavy atom. The fourth-order valence-electron chi connectivity index (χ4n) is 2.06. The SMILES string of the molecule is CC1Cc2ccccc2N1C(=O)OCC(F)(F)F. The summed E-state index contributed by atoms with van der Waals surface area (Å²) in [6, 6.07) is 6.93. The molecule has 0 saturated carbocycles. The number of amides is 1. The van der Waals surface area contributed by atoms with Crippen LogP contribution in [-0.4, -0.2) is 24.9 Å². The molecule has 0 aliphatic carbocycles. The average Bonchev–Trinajstić information content (AvgIpc) is 2.61. The Balaban J connectivity index is 2.11. The van der Waals surface area contributed by atoms with Crippen LogP contribution in [0.4, 0.5) is 23.7 Å². The Hall–Kier alpha value is -1.72. The normalized spacial score (nSPS) is 18.7. The molecule has 6 heteroatoms. The zero-order valence-electron chi connectivity index (χ0n) is 9.70. The molecule has 1 unspecified atom stereocenters. The van der Waals surface area contributed by atoms with Crippen LogP contribution in [0, 0.1) is 0 Å². The topological polar surface area (TPSA) is 29.5 Å². The molecule has 0 radical (unpaired) electrons. The van der Waals surface area contributed by atoms with Crippen molar-refractivity contribution in [3.05, 3.63) is 29.8 Å². The van der Waals surface area contributed by atoms with E-state index in [-0.39, 0.29) is 6.04 Å². The van der Waals surface area contributed by atoms with Gasteiger partial charge in [-0.15, -0.1) is 0 Å². The Morgan fingerprint density at radius 1 is 1.44 bits per heavy atom. The van der Waals surface area contributed by atoms with Crippen LogP contribution in [0.2, 0.25) is 0 Å². The van der Waals surface area contributed by atoms with Gasteiger partial charge in [-0.3, -0.25) is 4.90 Å². The van der Waals surface area contributed by atoms with Gasteiger partial charge in [-0.25, -0.2) is 4.79 Å². The van der Waals surface area contributed by atoms with Crippen LogP contribution < -0.4 is 4.90 Å². The Morgan fingerprint density at radius 2 is 2.11 bits per heavy atom. The second-order valence-electron chi connectivity index (χ2n) is 4.22. The number of anilines is 1. The molecule has 0 bridgehead atoms. The molecule has 0 saturated heterocycles. The van der Waals surface area contributed by atoms with Gasteiger partial charge < -0.3 is 4.74 Å². The molecule has 0 fully saturated rings. The molecule has 1 aromatic rings. The zero-order chi connectivity index (χ0) is 13.3. The molecule has 98 valence electrons. The highest BCUT2D eigenvalue weighted by atomic mass is 19.4. The molecule has 18 heavy (non-hydrogen) atoms. The van der Waals surface area contributed by atoms with Crippen molar-refractivity contribution in [1.29, 1.82) is 0 Å².